The fraction of sp³-hybridized carbons (Fsp3) is 0.176. The average molecular weight is 377 g/mol. The van der Waals surface area contributed by atoms with Gasteiger partial charge in [-0.3, -0.25) is 4.57 Å². The molecule has 140 valence electrons. The van der Waals surface area contributed by atoms with Crippen molar-refractivity contribution in [3.8, 4) is 17.5 Å². The fourth-order valence-electron chi connectivity index (χ4n) is 2.92. The number of benzene rings is 2. The van der Waals surface area contributed by atoms with E-state index in [4.69, 9.17) is 10.7 Å². The van der Waals surface area contributed by atoms with Crippen LogP contribution in [0.15, 0.2) is 36.4 Å². The molecule has 0 atom stereocenters. The van der Waals surface area contributed by atoms with Gasteiger partial charge in [-0.05, 0) is 24.3 Å². The third-order valence-electron chi connectivity index (χ3n) is 4.08. The predicted molar refractivity (Wildman–Crippen MR) is 87.6 cm³/mol. The van der Waals surface area contributed by atoms with Crippen molar-refractivity contribution < 1.29 is 32.6 Å². The number of nitrogens with two attached hydrogens (primary N) is 1. The number of imidazole rings is 1. The van der Waals surface area contributed by atoms with Crippen molar-refractivity contribution in [3.05, 3.63) is 47.5 Å². The molecule has 2 heterocycles. The number of para-hydroxylation sites is 1. The van der Waals surface area contributed by atoms with E-state index in [9.17, 15) is 13.6 Å². The Hall–Kier alpha value is -3.40. The molecule has 0 saturated heterocycles. The number of nitrogens with zero attached hydrogens (tertiary/aromatic N) is 2. The molecule has 10 heteroatoms. The van der Waals surface area contributed by atoms with E-state index in [1.54, 1.807) is 28.8 Å². The molecule has 0 aliphatic carbocycles. The number of methoxy groups -OCH3 is 1. The molecule has 0 fully saturated rings. The van der Waals surface area contributed by atoms with E-state index in [-0.39, 0.29) is 24.1 Å². The molecular formula is C17H13F2N3O5. The molecule has 1 aliphatic rings. The van der Waals surface area contributed by atoms with Crippen molar-refractivity contribution in [1.82, 2.24) is 9.55 Å². The zero-order chi connectivity index (χ0) is 19.2. The quantitative estimate of drug-likeness (QED) is 0.551. The van der Waals surface area contributed by atoms with Crippen LogP contribution in [-0.2, 0) is 11.3 Å². The summed E-state index contributed by atoms with van der Waals surface area (Å²) in [5.74, 6) is 4.64. The van der Waals surface area contributed by atoms with Gasteiger partial charge in [0.2, 0.25) is 0 Å². The smallest absolute Gasteiger partial charge is 0.465 e. The van der Waals surface area contributed by atoms with Crippen LogP contribution >= 0.6 is 0 Å². The first-order valence-electron chi connectivity index (χ1n) is 7.75. The van der Waals surface area contributed by atoms with E-state index in [0.29, 0.717) is 22.2 Å². The number of carbonyl (C=O) groups excluding carboxylic acids is 1. The van der Waals surface area contributed by atoms with Gasteiger partial charge in [0.25, 0.3) is 0 Å². The number of esters is 1. The number of carbonyl (C=O) groups is 1. The maximum Gasteiger partial charge on any atom is 0.586 e. The lowest BCUT2D eigenvalue weighted by Gasteiger charge is -2.10. The van der Waals surface area contributed by atoms with Crippen LogP contribution in [0.25, 0.3) is 11.0 Å². The number of hydrogen-bond acceptors (Lipinski definition) is 7. The minimum atomic E-state index is -3.72. The lowest BCUT2D eigenvalue weighted by molar-refractivity contribution is -0.286. The van der Waals surface area contributed by atoms with Crippen LogP contribution in [0.5, 0.6) is 17.5 Å². The summed E-state index contributed by atoms with van der Waals surface area (Å²) in [5, 5.41) is 0. The molecule has 0 spiro atoms. The molecule has 1 aromatic heterocycles. The molecule has 0 radical (unpaired) electrons. The highest BCUT2D eigenvalue weighted by atomic mass is 19.3. The lowest BCUT2D eigenvalue weighted by atomic mass is 10.1. The van der Waals surface area contributed by atoms with E-state index < -0.39 is 12.3 Å². The van der Waals surface area contributed by atoms with Crippen molar-refractivity contribution in [1.29, 1.82) is 0 Å². The van der Waals surface area contributed by atoms with E-state index >= 15 is 0 Å². The zero-order valence-electron chi connectivity index (χ0n) is 13.9. The van der Waals surface area contributed by atoms with Gasteiger partial charge in [-0.15, -0.1) is 8.78 Å². The summed E-state index contributed by atoms with van der Waals surface area (Å²) < 4.78 is 42.1. The SMILES string of the molecule is COC(=O)c1ccc2c(c1)nc(ON)n2Cc1cccc2c1OC(F)(F)O2. The molecule has 3 aromatic rings. The summed E-state index contributed by atoms with van der Waals surface area (Å²) in [4.78, 5) is 20.7. The summed E-state index contributed by atoms with van der Waals surface area (Å²) >= 11 is 0. The highest BCUT2D eigenvalue weighted by Crippen LogP contribution is 2.43. The molecule has 0 saturated carbocycles. The predicted octanol–water partition coefficient (Wildman–Crippen LogP) is 2.45. The van der Waals surface area contributed by atoms with Crippen LogP contribution in [0, 0.1) is 0 Å². The third-order valence-corrected chi connectivity index (χ3v) is 4.08. The first-order valence-corrected chi connectivity index (χ1v) is 7.75. The normalized spacial score (nSPS) is 14.4. The Balaban J connectivity index is 1.77. The van der Waals surface area contributed by atoms with Gasteiger partial charge >= 0.3 is 18.3 Å². The molecule has 27 heavy (non-hydrogen) atoms. The van der Waals surface area contributed by atoms with E-state index in [1.165, 1.54) is 19.2 Å². The maximum atomic E-state index is 13.4. The Morgan fingerprint density at radius 2 is 2.11 bits per heavy atom. The van der Waals surface area contributed by atoms with Gasteiger partial charge in [0.15, 0.2) is 11.5 Å². The second-order valence-electron chi connectivity index (χ2n) is 5.71. The number of halogens is 2. The minimum Gasteiger partial charge on any atom is -0.465 e. The van der Waals surface area contributed by atoms with Gasteiger partial charge in [-0.2, -0.15) is 10.9 Å². The van der Waals surface area contributed by atoms with Crippen molar-refractivity contribution >= 4 is 17.0 Å². The van der Waals surface area contributed by atoms with E-state index in [0.717, 1.165) is 0 Å². The van der Waals surface area contributed by atoms with Crippen molar-refractivity contribution in [3.63, 3.8) is 0 Å². The zero-order valence-corrected chi connectivity index (χ0v) is 13.9. The molecule has 0 unspecified atom stereocenters. The van der Waals surface area contributed by atoms with Crippen LogP contribution in [-0.4, -0.2) is 28.9 Å². The number of hydrogen-bond donors (Lipinski definition) is 1. The molecule has 0 bridgehead atoms. The lowest BCUT2D eigenvalue weighted by Crippen LogP contribution is -2.26. The summed E-state index contributed by atoms with van der Waals surface area (Å²) in [6.45, 7) is 0.0726. The Kier molecular flexibility index (Phi) is 3.84. The van der Waals surface area contributed by atoms with E-state index in [1.807, 2.05) is 0 Å². The van der Waals surface area contributed by atoms with Crippen LogP contribution in [0.4, 0.5) is 8.78 Å². The largest absolute Gasteiger partial charge is 0.586 e. The molecule has 2 aromatic carbocycles. The molecule has 0 amide bonds. The van der Waals surface area contributed by atoms with Gasteiger partial charge < -0.3 is 19.0 Å². The molecule has 2 N–H and O–H groups in total. The highest BCUT2D eigenvalue weighted by Gasteiger charge is 2.44. The first kappa shape index (κ1) is 17.0. The van der Waals surface area contributed by atoms with Crippen molar-refractivity contribution in [2.45, 2.75) is 12.8 Å². The van der Waals surface area contributed by atoms with Gasteiger partial charge in [0.05, 0.1) is 30.3 Å². The summed E-state index contributed by atoms with van der Waals surface area (Å²) in [6, 6.07) is 9.30. The Labute approximate surface area is 151 Å². The van der Waals surface area contributed by atoms with Gasteiger partial charge in [0, 0.05) is 5.56 Å². The maximum absolute atomic E-state index is 13.4. The molecule has 1 aliphatic heterocycles. The number of alkyl halides is 2. The second-order valence-corrected chi connectivity index (χ2v) is 5.71. The van der Waals surface area contributed by atoms with Gasteiger partial charge in [0.1, 0.15) is 0 Å². The first-order chi connectivity index (χ1) is 12.9. The number of rotatable bonds is 4. The summed E-state index contributed by atoms with van der Waals surface area (Å²) in [7, 11) is 1.27. The van der Waals surface area contributed by atoms with Crippen LogP contribution < -0.4 is 20.2 Å². The summed E-state index contributed by atoms with van der Waals surface area (Å²) in [6.07, 6.45) is -3.72. The average Bonchev–Trinajstić information content (AvgIpc) is 3.16. The second kappa shape index (κ2) is 6.09. The number of ether oxygens (including phenoxy) is 3. The van der Waals surface area contributed by atoms with E-state index in [2.05, 4.69) is 19.2 Å². The molecule has 8 nitrogen and oxygen atoms in total. The van der Waals surface area contributed by atoms with Crippen LogP contribution in [0.3, 0.4) is 0 Å². The van der Waals surface area contributed by atoms with Gasteiger partial charge in [-0.25, -0.2) is 4.79 Å². The minimum absolute atomic E-state index is 0.0373. The highest BCUT2D eigenvalue weighted by molar-refractivity contribution is 5.93. The number of fused-ring (bicyclic) bond motifs is 2. The fourth-order valence-corrected chi connectivity index (χ4v) is 2.92. The molecular weight excluding hydrogens is 364 g/mol. The standard InChI is InChI=1S/C17H13F2N3O5/c1-24-15(23)9-5-6-12-11(7-9)21-16(27-20)22(12)8-10-3-2-4-13-14(10)26-17(18,19)25-13/h2-7H,8,20H2,1H3. The van der Waals surface area contributed by atoms with Crippen molar-refractivity contribution in [2.75, 3.05) is 7.11 Å². The Morgan fingerprint density at radius 1 is 1.30 bits per heavy atom. The third kappa shape index (κ3) is 2.89. The summed E-state index contributed by atoms with van der Waals surface area (Å²) in [5.41, 5.74) is 1.72. The van der Waals surface area contributed by atoms with Crippen LogP contribution in [0.2, 0.25) is 0 Å². The molecule has 4 rings (SSSR count). The van der Waals surface area contributed by atoms with Gasteiger partial charge in [-0.1, -0.05) is 12.1 Å². The Bertz CT molecular complexity index is 1050. The van der Waals surface area contributed by atoms with Crippen molar-refractivity contribution in [2.24, 2.45) is 5.90 Å². The van der Waals surface area contributed by atoms with Crippen LogP contribution in [0.1, 0.15) is 15.9 Å². The number of aromatic nitrogens is 2. The Morgan fingerprint density at radius 3 is 2.85 bits per heavy atom. The monoisotopic (exact) mass is 377 g/mol. The topological polar surface area (TPSA) is 97.8 Å².